The number of aliphatic imine (C=N–C) groups is 1. The Morgan fingerprint density at radius 2 is 2.05 bits per heavy atom. The predicted molar refractivity (Wildman–Crippen MR) is 82.3 cm³/mol. The first-order valence-electron chi connectivity index (χ1n) is 5.69. The number of nitriles is 1. The lowest BCUT2D eigenvalue weighted by molar-refractivity contribution is 1.42. The molecule has 2 aromatic rings. The molecule has 0 fully saturated rings. The van der Waals surface area contributed by atoms with Crippen LogP contribution < -0.4 is 5.73 Å². The fourth-order valence-corrected chi connectivity index (χ4v) is 2.42. The Bertz CT molecular complexity index is 724. The zero-order valence-corrected chi connectivity index (χ0v) is 12.0. The minimum absolute atomic E-state index is 0.609. The topological polar surface area (TPSA) is 62.2 Å². The van der Waals surface area contributed by atoms with E-state index in [2.05, 4.69) is 27.0 Å². The third-order valence-electron chi connectivity index (χ3n) is 2.89. The van der Waals surface area contributed by atoms with Crippen molar-refractivity contribution in [3.05, 3.63) is 58.2 Å². The van der Waals surface area contributed by atoms with Crippen molar-refractivity contribution in [2.24, 2.45) is 10.7 Å². The first kappa shape index (κ1) is 13.3. The molecule has 0 bridgehead atoms. The molecular weight excluding hydrogens is 302 g/mol. The van der Waals surface area contributed by atoms with Crippen molar-refractivity contribution >= 4 is 32.4 Å². The average Bonchev–Trinajstić information content (AvgIpc) is 2.47. The lowest BCUT2D eigenvalue weighted by Gasteiger charge is -2.09. The molecule has 2 N–H and O–H groups in total. The molecule has 3 nitrogen and oxygen atoms in total. The van der Waals surface area contributed by atoms with Crippen LogP contribution in [0.1, 0.15) is 11.1 Å². The molecule has 0 aromatic heterocycles. The van der Waals surface area contributed by atoms with Crippen LogP contribution in [0.3, 0.4) is 0 Å². The van der Waals surface area contributed by atoms with Crippen LogP contribution in [-0.2, 0) is 0 Å². The molecule has 0 saturated heterocycles. The van der Waals surface area contributed by atoms with Crippen LogP contribution in [-0.4, -0.2) is 12.8 Å². The standard InChI is InChI=1S/C15H12BrN3/c1-19-15(14(16)9-18)12-7-6-10-4-2-3-5-11(10)13(12)8-17/h2-7,9H,18H2,1H3/b14-9+,19-15?. The highest BCUT2D eigenvalue weighted by Gasteiger charge is 2.14. The van der Waals surface area contributed by atoms with Gasteiger partial charge in [0.05, 0.1) is 15.8 Å². The maximum Gasteiger partial charge on any atom is 0.100 e. The summed E-state index contributed by atoms with van der Waals surface area (Å²) in [5.74, 6) is 0. The van der Waals surface area contributed by atoms with Gasteiger partial charge in [-0.15, -0.1) is 0 Å². The number of hydrogen-bond acceptors (Lipinski definition) is 3. The molecule has 0 aliphatic rings. The largest absolute Gasteiger partial charge is 0.404 e. The van der Waals surface area contributed by atoms with Gasteiger partial charge in [-0.3, -0.25) is 4.99 Å². The third kappa shape index (κ3) is 2.38. The minimum Gasteiger partial charge on any atom is -0.404 e. The second-order valence-electron chi connectivity index (χ2n) is 3.91. The number of nitrogens with zero attached hydrogens (tertiary/aromatic N) is 2. The van der Waals surface area contributed by atoms with E-state index in [1.54, 1.807) is 7.05 Å². The molecule has 94 valence electrons. The zero-order chi connectivity index (χ0) is 13.8. The monoisotopic (exact) mass is 313 g/mol. The molecule has 0 atom stereocenters. The lowest BCUT2D eigenvalue weighted by Crippen LogP contribution is -2.06. The molecule has 0 aliphatic carbocycles. The van der Waals surface area contributed by atoms with Crippen molar-refractivity contribution in [3.63, 3.8) is 0 Å². The lowest BCUT2D eigenvalue weighted by atomic mass is 9.96. The summed E-state index contributed by atoms with van der Waals surface area (Å²) >= 11 is 3.36. The van der Waals surface area contributed by atoms with Gasteiger partial charge in [0.25, 0.3) is 0 Å². The summed E-state index contributed by atoms with van der Waals surface area (Å²) < 4.78 is 0.668. The Hall–Kier alpha value is -2.12. The molecule has 0 radical (unpaired) electrons. The van der Waals surface area contributed by atoms with Gasteiger partial charge in [-0.25, -0.2) is 0 Å². The Balaban J connectivity index is 2.79. The third-order valence-corrected chi connectivity index (χ3v) is 3.53. The maximum absolute atomic E-state index is 9.44. The van der Waals surface area contributed by atoms with Crippen LogP contribution in [0.15, 0.2) is 52.1 Å². The molecule has 0 heterocycles. The van der Waals surface area contributed by atoms with E-state index in [-0.39, 0.29) is 0 Å². The average molecular weight is 314 g/mol. The number of benzene rings is 2. The quantitative estimate of drug-likeness (QED) is 0.864. The first-order chi connectivity index (χ1) is 9.22. The molecule has 0 aliphatic heterocycles. The van der Waals surface area contributed by atoms with E-state index in [1.807, 2.05) is 36.4 Å². The van der Waals surface area contributed by atoms with Crippen molar-refractivity contribution in [2.45, 2.75) is 0 Å². The summed E-state index contributed by atoms with van der Waals surface area (Å²) in [6.45, 7) is 0. The van der Waals surface area contributed by atoms with Gasteiger partial charge in [-0.05, 0) is 21.3 Å². The van der Waals surface area contributed by atoms with Crippen LogP contribution in [0, 0.1) is 11.3 Å². The van der Waals surface area contributed by atoms with Gasteiger partial charge in [0.15, 0.2) is 0 Å². The molecule has 4 heteroatoms. The molecule has 0 saturated carbocycles. The van der Waals surface area contributed by atoms with E-state index in [9.17, 15) is 5.26 Å². The Morgan fingerprint density at radius 1 is 1.32 bits per heavy atom. The molecule has 19 heavy (non-hydrogen) atoms. The van der Waals surface area contributed by atoms with E-state index in [0.29, 0.717) is 15.8 Å². The normalized spacial score (nSPS) is 12.5. The van der Waals surface area contributed by atoms with Crippen LogP contribution in [0.4, 0.5) is 0 Å². The predicted octanol–water partition coefficient (Wildman–Crippen LogP) is 3.33. The number of halogens is 1. The van der Waals surface area contributed by atoms with Crippen LogP contribution in [0.2, 0.25) is 0 Å². The van der Waals surface area contributed by atoms with Crippen molar-refractivity contribution < 1.29 is 0 Å². The minimum atomic E-state index is 0.609. The fourth-order valence-electron chi connectivity index (χ4n) is 2.02. The van der Waals surface area contributed by atoms with Gasteiger partial charge in [-0.1, -0.05) is 36.4 Å². The fraction of sp³-hybridized carbons (Fsp3) is 0.0667. The smallest absolute Gasteiger partial charge is 0.100 e. The highest BCUT2D eigenvalue weighted by Crippen LogP contribution is 2.25. The highest BCUT2D eigenvalue weighted by molar-refractivity contribution is 9.12. The number of nitrogens with two attached hydrogens (primary N) is 1. The van der Waals surface area contributed by atoms with Crippen molar-refractivity contribution in [1.29, 1.82) is 5.26 Å². The zero-order valence-electron chi connectivity index (χ0n) is 10.4. The Morgan fingerprint density at radius 3 is 2.68 bits per heavy atom. The molecular formula is C15H12BrN3. The summed E-state index contributed by atoms with van der Waals surface area (Å²) in [7, 11) is 1.68. The van der Waals surface area contributed by atoms with Gasteiger partial charge in [-0.2, -0.15) is 5.26 Å². The van der Waals surface area contributed by atoms with E-state index >= 15 is 0 Å². The van der Waals surface area contributed by atoms with Crippen LogP contribution in [0.5, 0.6) is 0 Å². The van der Waals surface area contributed by atoms with Gasteiger partial charge < -0.3 is 5.73 Å². The molecule has 2 rings (SSSR count). The molecule has 0 unspecified atom stereocenters. The van der Waals surface area contributed by atoms with E-state index < -0.39 is 0 Å². The van der Waals surface area contributed by atoms with Crippen LogP contribution in [0.25, 0.3) is 10.8 Å². The van der Waals surface area contributed by atoms with Gasteiger partial charge in [0.1, 0.15) is 6.07 Å². The van der Waals surface area contributed by atoms with E-state index in [4.69, 9.17) is 5.73 Å². The van der Waals surface area contributed by atoms with E-state index in [0.717, 1.165) is 16.3 Å². The summed E-state index contributed by atoms with van der Waals surface area (Å²) in [5.41, 5.74) is 7.57. The van der Waals surface area contributed by atoms with Crippen molar-refractivity contribution in [3.8, 4) is 6.07 Å². The number of allylic oxidation sites excluding steroid dienone is 1. The summed E-state index contributed by atoms with van der Waals surface area (Å²) in [4.78, 5) is 4.21. The molecule has 2 aromatic carbocycles. The maximum atomic E-state index is 9.44. The Labute approximate surface area is 120 Å². The molecule has 0 spiro atoms. The van der Waals surface area contributed by atoms with Crippen LogP contribution >= 0.6 is 15.9 Å². The van der Waals surface area contributed by atoms with Gasteiger partial charge in [0, 0.05) is 24.2 Å². The second-order valence-corrected chi connectivity index (χ2v) is 4.76. The summed E-state index contributed by atoms with van der Waals surface area (Å²) in [6.07, 6.45) is 1.43. The number of fused-ring (bicyclic) bond motifs is 1. The highest BCUT2D eigenvalue weighted by atomic mass is 79.9. The SMILES string of the molecule is CN=C(/C(Br)=C\N)c1ccc2ccccc2c1C#N. The van der Waals surface area contributed by atoms with Gasteiger partial charge >= 0.3 is 0 Å². The second kappa shape index (κ2) is 5.68. The first-order valence-corrected chi connectivity index (χ1v) is 6.49. The molecule has 0 amide bonds. The summed E-state index contributed by atoms with van der Waals surface area (Å²) in [5, 5.41) is 11.4. The number of hydrogen-bond donors (Lipinski definition) is 1. The van der Waals surface area contributed by atoms with Gasteiger partial charge in [0.2, 0.25) is 0 Å². The number of rotatable bonds is 2. The van der Waals surface area contributed by atoms with Crippen molar-refractivity contribution in [2.75, 3.05) is 7.05 Å². The van der Waals surface area contributed by atoms with E-state index in [1.165, 1.54) is 6.20 Å². The summed E-state index contributed by atoms with van der Waals surface area (Å²) in [6, 6.07) is 13.9. The van der Waals surface area contributed by atoms with Crippen molar-refractivity contribution in [1.82, 2.24) is 0 Å². The Kier molecular flexibility index (Phi) is 3.98.